The molecule has 1 aromatic carbocycles. The second-order valence-corrected chi connectivity index (χ2v) is 3.31. The number of hydrogen-bond acceptors (Lipinski definition) is 4. The fourth-order valence-corrected chi connectivity index (χ4v) is 1.41. The average Bonchev–Trinajstić information content (AvgIpc) is 2.23. The fraction of sp³-hybridized carbons (Fsp3) is 0.300. The van der Waals surface area contributed by atoms with E-state index in [1.807, 2.05) is 0 Å². The first-order valence-electron chi connectivity index (χ1n) is 4.26. The third kappa shape index (κ3) is 1.60. The highest BCUT2D eigenvalue weighted by Crippen LogP contribution is 2.37. The van der Waals surface area contributed by atoms with Gasteiger partial charge in [0.1, 0.15) is 5.56 Å². The van der Waals surface area contributed by atoms with Crippen molar-refractivity contribution in [3.8, 4) is 11.5 Å². The van der Waals surface area contributed by atoms with Crippen LogP contribution in [0.25, 0.3) is 0 Å². The van der Waals surface area contributed by atoms with E-state index in [4.69, 9.17) is 0 Å². The normalized spacial score (nSPS) is 10.1. The molecule has 5 heteroatoms. The van der Waals surface area contributed by atoms with Gasteiger partial charge in [0, 0.05) is 4.53 Å². The lowest BCUT2D eigenvalue weighted by Gasteiger charge is -2.12. The number of carbonyl (C=O) groups is 1. The molecule has 0 atom stereocenters. The smallest absolute Gasteiger partial charge is 0.383 e. The largest absolute Gasteiger partial charge is 0.504 e. The van der Waals surface area contributed by atoms with Gasteiger partial charge in [0.15, 0.2) is 11.5 Å². The Bertz CT molecular complexity index is 397. The van der Waals surface area contributed by atoms with Gasteiger partial charge >= 0.3 is 5.97 Å². The van der Waals surface area contributed by atoms with Crippen molar-refractivity contribution in [2.45, 2.75) is 20.8 Å². The van der Waals surface area contributed by atoms with Gasteiger partial charge in [0.05, 0.1) is 0 Å². The van der Waals surface area contributed by atoms with E-state index in [-0.39, 0.29) is 5.56 Å². The molecular weight excluding hydrogens is 203 g/mol. The van der Waals surface area contributed by atoms with Gasteiger partial charge in [-0.1, -0.05) is 0 Å². The van der Waals surface area contributed by atoms with Crippen molar-refractivity contribution in [1.82, 2.24) is 0 Å². The summed E-state index contributed by atoms with van der Waals surface area (Å²) < 4.78 is 11.8. The van der Waals surface area contributed by atoms with Gasteiger partial charge in [-0.15, -0.1) is 0 Å². The highest BCUT2D eigenvalue weighted by molar-refractivity contribution is 5.95. The second kappa shape index (κ2) is 3.76. The van der Waals surface area contributed by atoms with Crippen LogP contribution >= 0.6 is 0 Å². The minimum absolute atomic E-state index is 0.349. The fourth-order valence-electron chi connectivity index (χ4n) is 1.41. The van der Waals surface area contributed by atoms with E-state index in [1.165, 1.54) is 6.92 Å². The maximum Gasteiger partial charge on any atom is 0.383 e. The maximum atomic E-state index is 11.8. The molecule has 1 rings (SSSR count). The Morgan fingerprint density at radius 3 is 2.07 bits per heavy atom. The zero-order chi connectivity index (χ0) is 11.7. The number of hydrogen-bond donors (Lipinski definition) is 2. The lowest BCUT2D eigenvalue weighted by molar-refractivity contribution is -0.0790. The van der Waals surface area contributed by atoms with Crippen LogP contribution in [0.3, 0.4) is 0 Å². The van der Waals surface area contributed by atoms with Crippen molar-refractivity contribution in [1.29, 1.82) is 0 Å². The molecule has 0 saturated heterocycles. The van der Waals surface area contributed by atoms with Crippen LogP contribution in [-0.4, -0.2) is 16.2 Å². The van der Waals surface area contributed by atoms with E-state index < -0.39 is 17.5 Å². The zero-order valence-corrected chi connectivity index (χ0v) is 8.59. The van der Waals surface area contributed by atoms with E-state index in [0.717, 1.165) is 0 Å². The summed E-state index contributed by atoms with van der Waals surface area (Å²) >= 11 is 0. The van der Waals surface area contributed by atoms with Gasteiger partial charge in [-0.3, -0.25) is 0 Å². The van der Waals surface area contributed by atoms with Gasteiger partial charge in [0.2, 0.25) is 0 Å². The quantitative estimate of drug-likeness (QED) is 0.702. The lowest BCUT2D eigenvalue weighted by atomic mass is 9.96. The van der Waals surface area contributed by atoms with Crippen molar-refractivity contribution in [3.05, 3.63) is 22.3 Å². The minimum atomic E-state index is -1.32. The molecule has 0 spiro atoms. The van der Waals surface area contributed by atoms with E-state index >= 15 is 0 Å². The van der Waals surface area contributed by atoms with E-state index in [0.29, 0.717) is 16.7 Å². The summed E-state index contributed by atoms with van der Waals surface area (Å²) in [5.41, 5.74) is 1.08. The molecule has 0 aliphatic heterocycles. The third-order valence-corrected chi connectivity index (χ3v) is 2.59. The summed E-state index contributed by atoms with van der Waals surface area (Å²) in [4.78, 5) is 14.0. The van der Waals surface area contributed by atoms with Crippen LogP contribution in [-0.2, 0) is 4.94 Å². The second-order valence-electron chi connectivity index (χ2n) is 3.31. The van der Waals surface area contributed by atoms with Gasteiger partial charge in [0.25, 0.3) is 0 Å². The number of phenolic OH excluding ortho intramolecular Hbond substituents is 2. The number of halogens is 1. The predicted molar refractivity (Wildman–Crippen MR) is 50.5 cm³/mol. The lowest BCUT2D eigenvalue weighted by Crippen LogP contribution is -2.05. The molecule has 2 N–H and O–H groups in total. The number of benzene rings is 1. The summed E-state index contributed by atoms with van der Waals surface area (Å²) in [6.07, 6.45) is 0. The molecule has 0 unspecified atom stereocenters. The van der Waals surface area contributed by atoms with Crippen molar-refractivity contribution >= 4 is 5.97 Å². The molecule has 0 aliphatic carbocycles. The van der Waals surface area contributed by atoms with Crippen molar-refractivity contribution < 1.29 is 24.5 Å². The molecule has 15 heavy (non-hydrogen) atoms. The molecular formula is C10H11FO4. The Kier molecular flexibility index (Phi) is 2.83. The summed E-state index contributed by atoms with van der Waals surface area (Å²) in [5, 5.41) is 18.9. The molecule has 0 heterocycles. The molecule has 0 aromatic heterocycles. The monoisotopic (exact) mass is 214 g/mol. The van der Waals surface area contributed by atoms with Gasteiger partial charge in [-0.25, -0.2) is 9.74 Å². The Morgan fingerprint density at radius 1 is 1.07 bits per heavy atom. The number of rotatable bonds is 1. The van der Waals surface area contributed by atoms with E-state index in [9.17, 15) is 19.5 Å². The van der Waals surface area contributed by atoms with Gasteiger partial charge < -0.3 is 10.2 Å². The Labute approximate surface area is 85.8 Å². The molecule has 0 saturated carbocycles. The van der Waals surface area contributed by atoms with E-state index in [1.54, 1.807) is 13.8 Å². The number of phenols is 2. The standard InChI is InChI=1S/C10H11FO4/c1-4-5(2)7(10(14)15-11)9(13)8(12)6(4)3/h12-13H,1-3H3. The van der Waals surface area contributed by atoms with Crippen molar-refractivity contribution in [2.75, 3.05) is 0 Å². The Hall–Kier alpha value is -1.78. The minimum Gasteiger partial charge on any atom is -0.504 e. The summed E-state index contributed by atoms with van der Waals surface area (Å²) in [5.74, 6) is -2.40. The van der Waals surface area contributed by atoms with Crippen LogP contribution < -0.4 is 0 Å². The molecule has 82 valence electrons. The van der Waals surface area contributed by atoms with Gasteiger partial charge in [-0.2, -0.15) is 0 Å². The maximum absolute atomic E-state index is 11.8. The first-order valence-corrected chi connectivity index (χ1v) is 4.26. The zero-order valence-electron chi connectivity index (χ0n) is 8.59. The molecule has 1 aromatic rings. The van der Waals surface area contributed by atoms with Crippen LogP contribution in [0.4, 0.5) is 4.53 Å². The van der Waals surface area contributed by atoms with Crippen LogP contribution in [0.5, 0.6) is 11.5 Å². The third-order valence-electron chi connectivity index (χ3n) is 2.59. The van der Waals surface area contributed by atoms with Crippen LogP contribution in [0.2, 0.25) is 0 Å². The average molecular weight is 214 g/mol. The highest BCUT2D eigenvalue weighted by atomic mass is 19.3. The number of aromatic hydroxyl groups is 2. The molecule has 0 amide bonds. The van der Waals surface area contributed by atoms with Gasteiger partial charge in [-0.05, 0) is 37.5 Å². The molecule has 0 bridgehead atoms. The van der Waals surface area contributed by atoms with Crippen LogP contribution in [0, 0.1) is 20.8 Å². The molecule has 0 radical (unpaired) electrons. The van der Waals surface area contributed by atoms with Crippen molar-refractivity contribution in [2.24, 2.45) is 0 Å². The van der Waals surface area contributed by atoms with Crippen LogP contribution in [0.1, 0.15) is 27.0 Å². The summed E-state index contributed by atoms with van der Waals surface area (Å²) in [6, 6.07) is 0. The Balaban J connectivity index is 3.60. The summed E-state index contributed by atoms with van der Waals surface area (Å²) in [6.45, 7) is 4.77. The SMILES string of the molecule is Cc1c(C)c(O)c(O)c(C(=O)OF)c1C. The molecule has 0 aliphatic rings. The molecule has 0 fully saturated rings. The highest BCUT2D eigenvalue weighted by Gasteiger charge is 2.23. The Morgan fingerprint density at radius 2 is 1.60 bits per heavy atom. The molecule has 4 nitrogen and oxygen atoms in total. The first kappa shape index (κ1) is 11.3. The van der Waals surface area contributed by atoms with Crippen LogP contribution in [0.15, 0.2) is 0 Å². The summed E-state index contributed by atoms with van der Waals surface area (Å²) in [7, 11) is 0. The topological polar surface area (TPSA) is 66.8 Å². The van der Waals surface area contributed by atoms with Crippen molar-refractivity contribution in [3.63, 3.8) is 0 Å². The predicted octanol–water partition coefficient (Wildman–Crippen LogP) is 2.06. The number of carbonyl (C=O) groups excluding carboxylic acids is 1. The van der Waals surface area contributed by atoms with E-state index in [2.05, 4.69) is 4.94 Å². The first-order chi connectivity index (χ1) is 6.91.